The Labute approximate surface area is 199 Å². The van der Waals surface area contributed by atoms with Crippen LogP contribution in [-0.2, 0) is 6.54 Å². The predicted molar refractivity (Wildman–Crippen MR) is 135 cm³/mol. The Morgan fingerprint density at radius 3 is 2.18 bits per heavy atom. The fourth-order valence-electron chi connectivity index (χ4n) is 4.02. The molecule has 0 amide bonds. The van der Waals surface area contributed by atoms with E-state index >= 15 is 0 Å². The molecule has 0 saturated carbocycles. The Balaban J connectivity index is 1.29. The minimum atomic E-state index is 0.781. The molecular weight excluding hydrogens is 430 g/mol. The maximum absolute atomic E-state index is 6.00. The first-order valence-electron chi connectivity index (χ1n) is 11.2. The molecule has 1 saturated heterocycles. The van der Waals surface area contributed by atoms with Gasteiger partial charge in [0, 0.05) is 55.1 Å². The van der Waals surface area contributed by atoms with Gasteiger partial charge in [-0.25, -0.2) is 4.68 Å². The zero-order valence-corrected chi connectivity index (χ0v) is 19.1. The summed E-state index contributed by atoms with van der Waals surface area (Å²) < 4.78 is 1.92. The van der Waals surface area contributed by atoms with E-state index in [1.807, 2.05) is 59.4 Å². The molecule has 1 aliphatic rings. The second-order valence-electron chi connectivity index (χ2n) is 8.18. The Morgan fingerprint density at radius 2 is 1.48 bits per heavy atom. The van der Waals surface area contributed by atoms with Gasteiger partial charge in [-0.2, -0.15) is 10.2 Å². The first-order chi connectivity index (χ1) is 16.2. The molecule has 5 nitrogen and oxygen atoms in total. The highest BCUT2D eigenvalue weighted by molar-refractivity contribution is 6.30. The molecule has 0 spiro atoms. The van der Waals surface area contributed by atoms with Gasteiger partial charge in [0.1, 0.15) is 5.69 Å². The van der Waals surface area contributed by atoms with E-state index in [0.29, 0.717) is 0 Å². The molecule has 0 bridgehead atoms. The van der Waals surface area contributed by atoms with Crippen molar-refractivity contribution in [3.8, 4) is 16.9 Å². The normalized spacial score (nSPS) is 14.8. The number of nitrogens with zero attached hydrogens (tertiary/aromatic N) is 5. The first-order valence-corrected chi connectivity index (χ1v) is 11.6. The average Bonchev–Trinajstić information content (AvgIpc) is 3.30. The first kappa shape index (κ1) is 21.4. The summed E-state index contributed by atoms with van der Waals surface area (Å²) in [5, 5.41) is 12.6. The molecule has 0 aliphatic carbocycles. The predicted octanol–water partition coefficient (Wildman–Crippen LogP) is 5.34. The summed E-state index contributed by atoms with van der Waals surface area (Å²) in [6, 6.07) is 28.6. The number of aromatic nitrogens is 2. The van der Waals surface area contributed by atoms with Crippen LogP contribution in [0.25, 0.3) is 16.9 Å². The van der Waals surface area contributed by atoms with Crippen LogP contribution in [0.1, 0.15) is 11.1 Å². The molecule has 2 heterocycles. The van der Waals surface area contributed by atoms with E-state index < -0.39 is 0 Å². The molecule has 3 aromatic carbocycles. The number of halogens is 1. The van der Waals surface area contributed by atoms with Gasteiger partial charge in [-0.1, -0.05) is 72.3 Å². The summed E-state index contributed by atoms with van der Waals surface area (Å²) in [5.74, 6) is 0. The quantitative estimate of drug-likeness (QED) is 0.368. The number of piperazine rings is 1. The van der Waals surface area contributed by atoms with Crippen LogP contribution in [-0.4, -0.2) is 52.1 Å². The molecule has 166 valence electrons. The molecule has 0 N–H and O–H groups in total. The lowest BCUT2D eigenvalue weighted by Gasteiger charge is -2.33. The minimum Gasteiger partial charge on any atom is -0.295 e. The van der Waals surface area contributed by atoms with Crippen LogP contribution in [0.2, 0.25) is 5.02 Å². The Bertz CT molecular complexity index is 1190. The van der Waals surface area contributed by atoms with E-state index in [0.717, 1.165) is 60.3 Å². The molecule has 6 heteroatoms. The summed E-state index contributed by atoms with van der Waals surface area (Å²) in [7, 11) is 0. The second kappa shape index (κ2) is 10.0. The number of hydrazone groups is 1. The van der Waals surface area contributed by atoms with Gasteiger partial charge in [0.25, 0.3) is 0 Å². The van der Waals surface area contributed by atoms with Crippen LogP contribution in [0.15, 0.2) is 96.2 Å². The lowest BCUT2D eigenvalue weighted by atomic mass is 10.1. The van der Waals surface area contributed by atoms with Gasteiger partial charge in [0.2, 0.25) is 0 Å². The van der Waals surface area contributed by atoms with Gasteiger partial charge in [0.15, 0.2) is 0 Å². The van der Waals surface area contributed by atoms with Crippen molar-refractivity contribution in [2.75, 3.05) is 26.2 Å². The van der Waals surface area contributed by atoms with Gasteiger partial charge >= 0.3 is 0 Å². The average molecular weight is 456 g/mol. The molecule has 0 radical (unpaired) electrons. The molecule has 1 fully saturated rings. The SMILES string of the molecule is Clc1ccc(CN2CCN(N=Cc3cn(-c4ccccc4)nc3-c3ccccc3)CC2)cc1. The topological polar surface area (TPSA) is 36.7 Å². The highest BCUT2D eigenvalue weighted by atomic mass is 35.5. The monoisotopic (exact) mass is 455 g/mol. The largest absolute Gasteiger partial charge is 0.295 e. The van der Waals surface area contributed by atoms with Crippen molar-refractivity contribution >= 4 is 17.8 Å². The Morgan fingerprint density at radius 1 is 0.818 bits per heavy atom. The molecule has 1 aromatic heterocycles. The minimum absolute atomic E-state index is 0.781. The lowest BCUT2D eigenvalue weighted by Crippen LogP contribution is -2.43. The van der Waals surface area contributed by atoms with Gasteiger partial charge in [-0.3, -0.25) is 9.91 Å². The molecule has 0 atom stereocenters. The number of hydrogen-bond donors (Lipinski definition) is 0. The number of rotatable bonds is 6. The van der Waals surface area contributed by atoms with E-state index in [2.05, 4.69) is 52.5 Å². The van der Waals surface area contributed by atoms with Crippen molar-refractivity contribution < 1.29 is 0 Å². The fourth-order valence-corrected chi connectivity index (χ4v) is 4.14. The smallest absolute Gasteiger partial charge is 0.102 e. The van der Waals surface area contributed by atoms with Crippen molar-refractivity contribution in [3.63, 3.8) is 0 Å². The van der Waals surface area contributed by atoms with Crippen molar-refractivity contribution in [2.24, 2.45) is 5.10 Å². The molecule has 4 aromatic rings. The second-order valence-corrected chi connectivity index (χ2v) is 8.62. The van der Waals surface area contributed by atoms with Crippen LogP contribution in [0.5, 0.6) is 0 Å². The van der Waals surface area contributed by atoms with Crippen molar-refractivity contribution in [1.29, 1.82) is 0 Å². The van der Waals surface area contributed by atoms with Crippen molar-refractivity contribution in [3.05, 3.63) is 107 Å². The van der Waals surface area contributed by atoms with E-state index in [1.165, 1.54) is 5.56 Å². The van der Waals surface area contributed by atoms with Gasteiger partial charge < -0.3 is 0 Å². The standard InChI is InChI=1S/C27H26ClN5/c28-25-13-11-22(12-14-25)20-31-15-17-32(18-16-31)29-19-24-21-33(26-9-5-2-6-10-26)30-27(24)23-7-3-1-4-8-23/h1-14,19,21H,15-18,20H2. The van der Waals surface area contributed by atoms with E-state index in [9.17, 15) is 0 Å². The van der Waals surface area contributed by atoms with Crippen LogP contribution in [0.3, 0.4) is 0 Å². The van der Waals surface area contributed by atoms with E-state index in [-0.39, 0.29) is 0 Å². The maximum atomic E-state index is 6.00. The summed E-state index contributed by atoms with van der Waals surface area (Å²) in [5.41, 5.74) is 5.35. The third-order valence-electron chi connectivity index (χ3n) is 5.84. The molecular formula is C27H26ClN5. The molecule has 0 unspecified atom stereocenters. The van der Waals surface area contributed by atoms with Gasteiger partial charge in [-0.15, -0.1) is 0 Å². The zero-order chi connectivity index (χ0) is 22.5. The van der Waals surface area contributed by atoms with Crippen LogP contribution in [0, 0.1) is 0 Å². The zero-order valence-electron chi connectivity index (χ0n) is 18.4. The van der Waals surface area contributed by atoms with Crippen LogP contribution in [0.4, 0.5) is 0 Å². The summed E-state index contributed by atoms with van der Waals surface area (Å²) >= 11 is 6.00. The van der Waals surface area contributed by atoms with Crippen LogP contribution >= 0.6 is 11.6 Å². The van der Waals surface area contributed by atoms with Crippen LogP contribution < -0.4 is 0 Å². The maximum Gasteiger partial charge on any atom is 0.102 e. The summed E-state index contributed by atoms with van der Waals surface area (Å²) in [6.07, 6.45) is 4.00. The molecule has 5 rings (SSSR count). The number of benzene rings is 3. The van der Waals surface area contributed by atoms with E-state index in [1.54, 1.807) is 0 Å². The highest BCUT2D eigenvalue weighted by Gasteiger charge is 2.16. The van der Waals surface area contributed by atoms with Crippen molar-refractivity contribution in [1.82, 2.24) is 19.7 Å². The molecule has 33 heavy (non-hydrogen) atoms. The lowest BCUT2D eigenvalue weighted by molar-refractivity contribution is 0.131. The van der Waals surface area contributed by atoms with Crippen molar-refractivity contribution in [2.45, 2.75) is 6.54 Å². The Hall–Kier alpha value is -3.41. The highest BCUT2D eigenvalue weighted by Crippen LogP contribution is 2.22. The third-order valence-corrected chi connectivity index (χ3v) is 6.09. The molecule has 1 aliphatic heterocycles. The number of para-hydroxylation sites is 1. The number of hydrogen-bond acceptors (Lipinski definition) is 4. The van der Waals surface area contributed by atoms with Gasteiger partial charge in [0.05, 0.1) is 11.9 Å². The fraction of sp³-hybridized carbons (Fsp3) is 0.185. The summed E-state index contributed by atoms with van der Waals surface area (Å²) in [6.45, 7) is 4.70. The Kier molecular flexibility index (Phi) is 6.51. The van der Waals surface area contributed by atoms with Gasteiger partial charge in [-0.05, 0) is 29.8 Å². The van der Waals surface area contributed by atoms with E-state index in [4.69, 9.17) is 21.8 Å². The third kappa shape index (κ3) is 5.33. The summed E-state index contributed by atoms with van der Waals surface area (Å²) in [4.78, 5) is 2.46.